The van der Waals surface area contributed by atoms with Crippen LogP contribution in [-0.2, 0) is 0 Å². The van der Waals surface area contributed by atoms with Crippen LogP contribution in [0.2, 0.25) is 5.05 Å². The summed E-state index contributed by atoms with van der Waals surface area (Å²) in [7, 11) is 5.14. The third-order valence-corrected chi connectivity index (χ3v) is 0. The van der Waals surface area contributed by atoms with Gasteiger partial charge in [-0.3, -0.25) is 0 Å². The summed E-state index contributed by atoms with van der Waals surface area (Å²) in [5, 5.41) is 2.03. The van der Waals surface area contributed by atoms with Gasteiger partial charge in [0.2, 0.25) is 0 Å². The minimum atomic E-state index is -2.24. The van der Waals surface area contributed by atoms with Gasteiger partial charge < -0.3 is 9.07 Å². The molecule has 0 aliphatic rings. The van der Waals surface area contributed by atoms with E-state index in [0.29, 0.717) is 0 Å². The minimum absolute atomic E-state index is 0.111. The SMILES string of the molecule is [CH3][Mg][Cl].[Cl][Ce]([Cl])[Cl]. The van der Waals surface area contributed by atoms with Gasteiger partial charge in [-0.15, -0.1) is 5.05 Å². The summed E-state index contributed by atoms with van der Waals surface area (Å²) in [6.07, 6.45) is 0. The fraction of sp³-hybridized carbons (Fsp3) is 1.00. The second-order valence-electron chi connectivity index (χ2n) is 0.482. The molecule has 0 atom stereocenters. The molecule has 0 aliphatic heterocycles. The molecule has 0 aliphatic carbocycles. The Labute approximate surface area is 78.6 Å². The molecule has 0 saturated heterocycles. The first-order valence-electron chi connectivity index (χ1n) is 1.54. The average Bonchev–Trinajstić information content (AvgIpc) is 1.33. The van der Waals surface area contributed by atoms with Gasteiger partial charge >= 0.3 is 66.8 Å². The fourth-order valence-electron chi connectivity index (χ4n) is 0. The van der Waals surface area contributed by atoms with Gasteiger partial charge in [0, 0.05) is 0 Å². The van der Waals surface area contributed by atoms with E-state index in [4.69, 9.17) is 26.0 Å². The zero-order valence-corrected chi connectivity index (χ0v) is 11.3. The molecular formula is CH3CeCl4Mg. The van der Waals surface area contributed by atoms with Gasteiger partial charge in [-0.2, -0.15) is 0 Å². The van der Waals surface area contributed by atoms with Crippen molar-refractivity contribution in [2.45, 2.75) is 5.05 Å². The van der Waals surface area contributed by atoms with Crippen LogP contribution in [0.4, 0.5) is 0 Å². The van der Waals surface area contributed by atoms with E-state index in [0.717, 1.165) is 0 Å². The zero-order valence-electron chi connectivity index (χ0n) is 3.72. The Morgan fingerprint density at radius 1 is 1.29 bits per heavy atom. The van der Waals surface area contributed by atoms with Crippen molar-refractivity contribution in [2.75, 3.05) is 0 Å². The van der Waals surface area contributed by atoms with Crippen molar-refractivity contribution in [3.05, 3.63) is 0 Å². The first-order valence-corrected chi connectivity index (χ1v) is 16.9. The molecular weight excluding hydrogens is 318 g/mol. The van der Waals surface area contributed by atoms with Crippen LogP contribution in [0.3, 0.4) is 0 Å². The summed E-state index contributed by atoms with van der Waals surface area (Å²) in [6, 6.07) is 0. The Bertz CT molecular complexity index is 22.9. The molecule has 0 aromatic carbocycles. The summed E-state index contributed by atoms with van der Waals surface area (Å²) in [5.41, 5.74) is 15.1. The molecule has 0 aromatic heterocycles. The molecule has 0 amide bonds. The Balaban J connectivity index is 0. The molecule has 0 bridgehead atoms. The molecule has 0 nitrogen and oxygen atoms in total. The van der Waals surface area contributed by atoms with Crippen molar-refractivity contribution in [1.82, 2.24) is 0 Å². The van der Waals surface area contributed by atoms with E-state index in [2.05, 4.69) is 0 Å². The van der Waals surface area contributed by atoms with E-state index >= 15 is 0 Å². The Morgan fingerprint density at radius 3 is 1.29 bits per heavy atom. The van der Waals surface area contributed by atoms with Crippen molar-refractivity contribution in [3.63, 3.8) is 0 Å². The van der Waals surface area contributed by atoms with Crippen LogP contribution in [0.5, 0.6) is 0 Å². The predicted octanol–water partition coefficient (Wildman–Crippen LogP) is 2.96. The van der Waals surface area contributed by atoms with Crippen LogP contribution >= 0.6 is 26.0 Å². The zero-order chi connectivity index (χ0) is 6.28. The van der Waals surface area contributed by atoms with Gasteiger partial charge in [-0.05, 0) is 0 Å². The van der Waals surface area contributed by atoms with Crippen molar-refractivity contribution < 1.29 is 30.7 Å². The monoisotopic (exact) mass is 319 g/mol. The van der Waals surface area contributed by atoms with Gasteiger partial charge in [0.05, 0.1) is 0 Å². The van der Waals surface area contributed by atoms with E-state index in [1.807, 2.05) is 5.05 Å². The number of rotatable bonds is 0. The van der Waals surface area contributed by atoms with Crippen molar-refractivity contribution in [2.24, 2.45) is 0 Å². The van der Waals surface area contributed by atoms with Crippen LogP contribution in [0, 0.1) is 30.7 Å². The molecule has 0 rings (SSSR count). The summed E-state index contributed by atoms with van der Waals surface area (Å²) in [4.78, 5) is 0. The molecule has 0 saturated carbocycles. The summed E-state index contributed by atoms with van der Waals surface area (Å²) < 4.78 is 0. The summed E-state index contributed by atoms with van der Waals surface area (Å²) in [6.45, 7) is 0. The maximum atomic E-state index is 5.14. The van der Waals surface area contributed by atoms with Crippen molar-refractivity contribution in [1.29, 1.82) is 0 Å². The van der Waals surface area contributed by atoms with Gasteiger partial charge in [0.15, 0.2) is 0 Å². The quantitative estimate of drug-likeness (QED) is 0.602. The number of halogens is 4. The van der Waals surface area contributed by atoms with E-state index < -0.39 is 30.7 Å². The maximum absolute atomic E-state index is 5.14. The molecule has 41 valence electrons. The Hall–Kier alpha value is 3.30. The Kier molecular flexibility index (Phi) is 22.2. The molecule has 0 heterocycles. The van der Waals surface area contributed by atoms with Crippen molar-refractivity contribution >= 4 is 45.2 Å². The standard InChI is InChI=1S/CH3.Ce.4ClH.Mg/h1H3;;4*1H;/q;+3;;;;;+1/p-4. The van der Waals surface area contributed by atoms with E-state index in [-0.39, 0.29) is 19.3 Å². The third-order valence-electron chi connectivity index (χ3n) is 0. The van der Waals surface area contributed by atoms with Crippen LogP contribution < -0.4 is 0 Å². The molecule has 6 heteroatoms. The van der Waals surface area contributed by atoms with Crippen LogP contribution in [0.15, 0.2) is 0 Å². The molecule has 0 spiro atoms. The topological polar surface area (TPSA) is 0 Å². The number of hydrogen-bond donors (Lipinski definition) is 0. The van der Waals surface area contributed by atoms with Crippen LogP contribution in [-0.4, -0.2) is 19.3 Å². The van der Waals surface area contributed by atoms with E-state index in [9.17, 15) is 0 Å². The van der Waals surface area contributed by atoms with Crippen LogP contribution in [0.25, 0.3) is 0 Å². The normalized spacial score (nSPS) is 5.29. The first kappa shape index (κ1) is 12.9. The number of hydrogen-bond acceptors (Lipinski definition) is 0. The van der Waals surface area contributed by atoms with Crippen molar-refractivity contribution in [3.8, 4) is 0 Å². The fourth-order valence-corrected chi connectivity index (χ4v) is 0. The van der Waals surface area contributed by atoms with Gasteiger partial charge in [-0.1, -0.05) is 0 Å². The molecule has 0 fully saturated rings. The molecule has 0 aromatic rings. The first-order chi connectivity index (χ1) is 3.15. The molecule has 7 heavy (non-hydrogen) atoms. The van der Waals surface area contributed by atoms with E-state index in [1.165, 1.54) is 0 Å². The second kappa shape index (κ2) is 12.0. The van der Waals surface area contributed by atoms with Gasteiger partial charge in [-0.25, -0.2) is 0 Å². The Morgan fingerprint density at radius 2 is 1.29 bits per heavy atom. The molecule has 0 N–H and O–H groups in total. The van der Waals surface area contributed by atoms with E-state index in [1.54, 1.807) is 0 Å². The van der Waals surface area contributed by atoms with Gasteiger partial charge in [0.25, 0.3) is 0 Å². The van der Waals surface area contributed by atoms with Gasteiger partial charge in [0.1, 0.15) is 0 Å². The second-order valence-corrected chi connectivity index (χ2v) is 16.4. The summed E-state index contributed by atoms with van der Waals surface area (Å²) in [5.74, 6) is 0. The van der Waals surface area contributed by atoms with Crippen LogP contribution in [0.1, 0.15) is 0 Å². The summed E-state index contributed by atoms with van der Waals surface area (Å²) >= 11 is -2.35. The predicted molar refractivity (Wildman–Crippen MR) is 35.0 cm³/mol. The molecule has 0 radical (unpaired) electrons. The average molecular weight is 321 g/mol. The third kappa shape index (κ3) is 45.5. The molecule has 0 unspecified atom stereocenters.